The molecule has 2 aromatic heterocycles. The normalized spacial score (nSPS) is 12.7. The van der Waals surface area contributed by atoms with Gasteiger partial charge in [-0.3, -0.25) is 9.59 Å². The summed E-state index contributed by atoms with van der Waals surface area (Å²) in [5.41, 5.74) is 11.8. The summed E-state index contributed by atoms with van der Waals surface area (Å²) >= 11 is 0. The van der Waals surface area contributed by atoms with E-state index in [1.165, 1.54) is 6.33 Å². The lowest BCUT2D eigenvalue weighted by molar-refractivity contribution is -0.142. The van der Waals surface area contributed by atoms with Crippen molar-refractivity contribution >= 4 is 29.1 Å². The van der Waals surface area contributed by atoms with Gasteiger partial charge < -0.3 is 41.5 Å². The molecule has 0 spiro atoms. The molecule has 2 atom stereocenters. The maximum atomic E-state index is 12.1. The first-order chi connectivity index (χ1) is 17.8. The lowest BCUT2D eigenvalue weighted by atomic mass is 10.1. The number of hydrogen-bond donors (Lipinski definition) is 6. The van der Waals surface area contributed by atoms with Crippen molar-refractivity contribution in [3.05, 3.63) is 23.0 Å². The number of aromatic amines is 1. The number of carbonyl (C=O) groups excluding carboxylic acids is 2. The minimum atomic E-state index is -1.12. The molecule has 2 heterocycles. The molecule has 0 saturated carbocycles. The highest BCUT2D eigenvalue weighted by atomic mass is 16.5. The van der Waals surface area contributed by atoms with E-state index >= 15 is 0 Å². The summed E-state index contributed by atoms with van der Waals surface area (Å²) in [6.07, 6.45) is 7.87. The number of ether oxygens (including phenoxy) is 1. The summed E-state index contributed by atoms with van der Waals surface area (Å²) in [4.78, 5) is 57.7. The summed E-state index contributed by atoms with van der Waals surface area (Å²) in [6.45, 7) is 1.77. The Morgan fingerprint density at radius 3 is 2.62 bits per heavy atom. The van der Waals surface area contributed by atoms with Gasteiger partial charge in [-0.1, -0.05) is 6.42 Å². The smallest absolute Gasteiger partial charge is 0.407 e. The van der Waals surface area contributed by atoms with Gasteiger partial charge in [0.05, 0.1) is 25.3 Å². The zero-order valence-electron chi connectivity index (χ0n) is 21.0. The van der Waals surface area contributed by atoms with Gasteiger partial charge in [-0.15, -0.1) is 0 Å². The number of alkyl carbamates (subject to hydrolysis) is 1. The van der Waals surface area contributed by atoms with Crippen molar-refractivity contribution in [3.63, 3.8) is 0 Å². The molecule has 2 rings (SSSR count). The number of rotatable bonds is 18. The Balaban J connectivity index is 1.52. The summed E-state index contributed by atoms with van der Waals surface area (Å²) in [7, 11) is 0. The number of aliphatic carboxylic acids is 1. The van der Waals surface area contributed by atoms with Crippen molar-refractivity contribution < 1.29 is 24.2 Å². The second-order valence-electron chi connectivity index (χ2n) is 8.75. The Kier molecular flexibility index (Phi) is 13.1. The average molecular weight is 523 g/mol. The number of carbonyl (C=O) groups is 3. The van der Waals surface area contributed by atoms with Gasteiger partial charge in [-0.25, -0.2) is 19.6 Å². The topological polar surface area (TPSA) is 220 Å². The lowest BCUT2D eigenvalue weighted by Crippen LogP contribution is -2.48. The van der Waals surface area contributed by atoms with E-state index in [-0.39, 0.29) is 18.6 Å². The first kappa shape index (κ1) is 29.7. The number of amides is 2. The Bertz CT molecular complexity index is 1060. The molecule has 0 aliphatic rings. The van der Waals surface area contributed by atoms with Crippen LogP contribution >= 0.6 is 0 Å². The number of H-pyrrole nitrogens is 1. The summed E-state index contributed by atoms with van der Waals surface area (Å²) in [5, 5.41) is 14.5. The number of nitrogens with two attached hydrogens (primary N) is 2. The average Bonchev–Trinajstić information content (AvgIpc) is 3.29. The molecule has 0 aromatic carbocycles. The zero-order chi connectivity index (χ0) is 27.0. The summed E-state index contributed by atoms with van der Waals surface area (Å²) in [6, 6.07) is -1.80. The third kappa shape index (κ3) is 10.6. The largest absolute Gasteiger partial charge is 0.480 e. The molecule has 0 unspecified atom stereocenters. The Hall–Kier alpha value is -3.52. The van der Waals surface area contributed by atoms with E-state index < -0.39 is 30.1 Å². The van der Waals surface area contributed by atoms with Crippen LogP contribution < -0.4 is 27.7 Å². The Labute approximate surface area is 214 Å². The van der Waals surface area contributed by atoms with Gasteiger partial charge >= 0.3 is 12.1 Å². The number of carboxylic acid groups (broad SMARTS) is 1. The van der Waals surface area contributed by atoms with Crippen LogP contribution in [0.2, 0.25) is 0 Å². The van der Waals surface area contributed by atoms with Gasteiger partial charge in [0.25, 0.3) is 5.56 Å². The van der Waals surface area contributed by atoms with Crippen LogP contribution in [-0.2, 0) is 20.9 Å². The number of aryl methyl sites for hydroxylation is 1. The second-order valence-corrected chi connectivity index (χ2v) is 8.75. The van der Waals surface area contributed by atoms with E-state index in [9.17, 15) is 24.3 Å². The van der Waals surface area contributed by atoms with Crippen molar-refractivity contribution in [1.29, 1.82) is 0 Å². The predicted molar refractivity (Wildman–Crippen MR) is 136 cm³/mol. The van der Waals surface area contributed by atoms with Crippen LogP contribution in [0.25, 0.3) is 11.2 Å². The monoisotopic (exact) mass is 522 g/mol. The minimum absolute atomic E-state index is 0.226. The number of unbranched alkanes of at least 4 members (excludes halogenated alkanes) is 4. The number of fused-ring (bicyclic) bond motifs is 1. The highest BCUT2D eigenvalue weighted by Gasteiger charge is 2.22. The fourth-order valence-corrected chi connectivity index (χ4v) is 3.67. The SMILES string of the molecule is NCCCC[C@H](N)C(=O)N[C@@H](CCCCNC(=O)OCCCCCn1cnc2c(=O)[nH]cnc21)C(=O)O. The zero-order valence-corrected chi connectivity index (χ0v) is 21.0. The van der Waals surface area contributed by atoms with Crippen molar-refractivity contribution in [3.8, 4) is 0 Å². The van der Waals surface area contributed by atoms with Crippen LogP contribution in [0.4, 0.5) is 4.79 Å². The molecule has 37 heavy (non-hydrogen) atoms. The summed E-state index contributed by atoms with van der Waals surface area (Å²) < 4.78 is 6.97. The predicted octanol–water partition coefficient (Wildman–Crippen LogP) is 0.212. The van der Waals surface area contributed by atoms with Gasteiger partial charge in [0.2, 0.25) is 5.91 Å². The second kappa shape index (κ2) is 16.3. The third-order valence-electron chi connectivity index (χ3n) is 5.79. The molecule has 8 N–H and O–H groups in total. The highest BCUT2D eigenvalue weighted by molar-refractivity contribution is 5.86. The van der Waals surface area contributed by atoms with Crippen molar-refractivity contribution in [1.82, 2.24) is 30.2 Å². The molecule has 0 aliphatic carbocycles. The van der Waals surface area contributed by atoms with Crippen LogP contribution in [0, 0.1) is 0 Å². The standard InChI is InChI=1S/C23H38N8O6/c24-10-4-2-8-16(25)20(32)30-17(22(34)35)9-3-5-11-26-23(36)37-13-7-1-6-12-31-15-29-18-19(31)27-14-28-21(18)33/h14-17H,1-13,24-25H2,(H,26,36)(H,30,32)(H,34,35)(H,27,28,33)/t16-,17-/m0/s1. The quantitative estimate of drug-likeness (QED) is 0.146. The fourth-order valence-electron chi connectivity index (χ4n) is 3.67. The molecule has 14 nitrogen and oxygen atoms in total. The maximum Gasteiger partial charge on any atom is 0.407 e. The number of carboxylic acids is 1. The number of aromatic nitrogens is 4. The van der Waals surface area contributed by atoms with Gasteiger partial charge in [-0.05, 0) is 57.9 Å². The molecular weight excluding hydrogens is 484 g/mol. The lowest BCUT2D eigenvalue weighted by Gasteiger charge is -2.18. The number of hydrogen-bond acceptors (Lipinski definition) is 9. The molecule has 0 fully saturated rings. The number of nitrogens with zero attached hydrogens (tertiary/aromatic N) is 3. The molecular formula is C23H38N8O6. The maximum absolute atomic E-state index is 12.1. The van der Waals surface area contributed by atoms with Crippen LogP contribution in [0.15, 0.2) is 17.4 Å². The summed E-state index contributed by atoms with van der Waals surface area (Å²) in [5.74, 6) is -1.61. The first-order valence-electron chi connectivity index (χ1n) is 12.6. The molecule has 0 radical (unpaired) electrons. The molecule has 14 heteroatoms. The molecule has 0 aliphatic heterocycles. The number of nitrogens with one attached hydrogen (secondary N) is 3. The van der Waals surface area contributed by atoms with E-state index in [1.807, 2.05) is 4.57 Å². The molecule has 2 amide bonds. The van der Waals surface area contributed by atoms with E-state index in [0.29, 0.717) is 62.9 Å². The van der Waals surface area contributed by atoms with Crippen LogP contribution in [-0.4, -0.2) is 74.4 Å². The first-order valence-corrected chi connectivity index (χ1v) is 12.6. The Morgan fingerprint density at radius 2 is 1.86 bits per heavy atom. The van der Waals surface area contributed by atoms with Gasteiger partial charge in [0.1, 0.15) is 6.04 Å². The van der Waals surface area contributed by atoms with Crippen LogP contribution in [0.3, 0.4) is 0 Å². The van der Waals surface area contributed by atoms with Gasteiger partial charge in [0.15, 0.2) is 11.2 Å². The van der Waals surface area contributed by atoms with Crippen molar-refractivity contribution in [2.24, 2.45) is 11.5 Å². The highest BCUT2D eigenvalue weighted by Crippen LogP contribution is 2.07. The third-order valence-corrected chi connectivity index (χ3v) is 5.79. The van der Waals surface area contributed by atoms with Crippen molar-refractivity contribution in [2.75, 3.05) is 19.7 Å². The van der Waals surface area contributed by atoms with Crippen LogP contribution in [0.1, 0.15) is 57.8 Å². The van der Waals surface area contributed by atoms with E-state index in [4.69, 9.17) is 16.2 Å². The van der Waals surface area contributed by atoms with Gasteiger partial charge in [0, 0.05) is 13.1 Å². The molecule has 0 bridgehead atoms. The Morgan fingerprint density at radius 1 is 1.08 bits per heavy atom. The minimum Gasteiger partial charge on any atom is -0.480 e. The molecule has 2 aromatic rings. The van der Waals surface area contributed by atoms with Crippen LogP contribution in [0.5, 0.6) is 0 Å². The molecule has 206 valence electrons. The van der Waals surface area contributed by atoms with E-state index in [1.54, 1.807) is 6.33 Å². The van der Waals surface area contributed by atoms with E-state index in [0.717, 1.165) is 19.3 Å². The fraction of sp³-hybridized carbons (Fsp3) is 0.652. The van der Waals surface area contributed by atoms with Gasteiger partial charge in [-0.2, -0.15) is 0 Å². The van der Waals surface area contributed by atoms with Crippen molar-refractivity contribution in [2.45, 2.75) is 76.4 Å². The van der Waals surface area contributed by atoms with E-state index in [2.05, 4.69) is 25.6 Å². The molecule has 0 saturated heterocycles. The number of imidazole rings is 1.